The van der Waals surface area contributed by atoms with E-state index in [4.69, 9.17) is 0 Å². The van der Waals surface area contributed by atoms with E-state index in [1.54, 1.807) is 10.9 Å². The topological polar surface area (TPSA) is 47.8 Å². The van der Waals surface area contributed by atoms with E-state index in [2.05, 4.69) is 9.97 Å². The molecule has 0 aliphatic heterocycles. The first kappa shape index (κ1) is 13.0. The molecule has 0 aliphatic rings. The molecule has 5 heteroatoms. The Hall–Kier alpha value is -2.01. The average Bonchev–Trinajstić information content (AvgIpc) is 2.88. The minimum atomic E-state index is 0.0244. The molecule has 0 fully saturated rings. The van der Waals surface area contributed by atoms with Crippen LogP contribution < -0.4 is 5.56 Å². The standard InChI is InChI=1S/C15H15N3OS/c1-10-4-3-5-12(17-10)8-11(2)18-9-16-14-13(15(18)19)6-7-20-14/h3-7,9,11H,8H2,1-2H3. The molecule has 0 aliphatic carbocycles. The summed E-state index contributed by atoms with van der Waals surface area (Å²) in [6.45, 7) is 3.99. The lowest BCUT2D eigenvalue weighted by Crippen LogP contribution is -2.24. The highest BCUT2D eigenvalue weighted by Gasteiger charge is 2.12. The van der Waals surface area contributed by atoms with Gasteiger partial charge < -0.3 is 0 Å². The molecule has 0 saturated heterocycles. The van der Waals surface area contributed by atoms with Crippen molar-refractivity contribution in [2.75, 3.05) is 0 Å². The fourth-order valence-corrected chi connectivity index (χ4v) is 3.02. The van der Waals surface area contributed by atoms with E-state index in [-0.39, 0.29) is 11.6 Å². The van der Waals surface area contributed by atoms with E-state index in [1.165, 1.54) is 11.3 Å². The van der Waals surface area contributed by atoms with Crippen molar-refractivity contribution in [3.8, 4) is 0 Å². The number of nitrogens with zero attached hydrogens (tertiary/aromatic N) is 3. The number of aromatic nitrogens is 3. The maximum Gasteiger partial charge on any atom is 0.262 e. The van der Waals surface area contributed by atoms with Gasteiger partial charge in [-0.1, -0.05) is 6.07 Å². The average molecular weight is 285 g/mol. The van der Waals surface area contributed by atoms with Gasteiger partial charge in [0.1, 0.15) is 4.83 Å². The van der Waals surface area contributed by atoms with Crippen LogP contribution in [0.3, 0.4) is 0 Å². The Morgan fingerprint density at radius 1 is 1.35 bits per heavy atom. The molecule has 20 heavy (non-hydrogen) atoms. The molecular weight excluding hydrogens is 270 g/mol. The second-order valence-corrected chi connectivity index (χ2v) is 5.81. The van der Waals surface area contributed by atoms with Crippen molar-refractivity contribution in [1.82, 2.24) is 14.5 Å². The molecule has 0 amide bonds. The molecule has 0 aromatic carbocycles. The van der Waals surface area contributed by atoms with Gasteiger partial charge in [0.25, 0.3) is 5.56 Å². The van der Waals surface area contributed by atoms with Gasteiger partial charge in [-0.25, -0.2) is 4.98 Å². The molecule has 0 radical (unpaired) electrons. The van der Waals surface area contributed by atoms with Gasteiger partial charge in [-0.05, 0) is 37.4 Å². The molecule has 4 nitrogen and oxygen atoms in total. The third-order valence-corrected chi connectivity index (χ3v) is 4.16. The molecule has 0 N–H and O–H groups in total. The minimum absolute atomic E-state index is 0.0244. The molecule has 102 valence electrons. The zero-order valence-corrected chi connectivity index (χ0v) is 12.2. The molecular formula is C15H15N3OS. The molecule has 3 aromatic heterocycles. The van der Waals surface area contributed by atoms with Crippen molar-refractivity contribution in [2.24, 2.45) is 0 Å². The third-order valence-electron chi connectivity index (χ3n) is 3.33. The molecule has 0 saturated carbocycles. The number of hydrogen-bond donors (Lipinski definition) is 0. The Kier molecular flexibility index (Phi) is 3.36. The summed E-state index contributed by atoms with van der Waals surface area (Å²) in [5, 5.41) is 2.59. The van der Waals surface area contributed by atoms with Crippen molar-refractivity contribution in [3.05, 3.63) is 57.7 Å². The summed E-state index contributed by atoms with van der Waals surface area (Å²) >= 11 is 1.49. The van der Waals surface area contributed by atoms with Gasteiger partial charge in [0.15, 0.2) is 0 Å². The highest BCUT2D eigenvalue weighted by molar-refractivity contribution is 7.16. The van der Waals surface area contributed by atoms with E-state index in [1.807, 2.05) is 43.5 Å². The fraction of sp³-hybridized carbons (Fsp3) is 0.267. The SMILES string of the molecule is Cc1cccc(CC(C)n2cnc3sccc3c2=O)n1. The first-order chi connectivity index (χ1) is 9.65. The zero-order valence-electron chi connectivity index (χ0n) is 11.4. The summed E-state index contributed by atoms with van der Waals surface area (Å²) in [4.78, 5) is 22.0. The van der Waals surface area contributed by atoms with Crippen LogP contribution in [-0.2, 0) is 6.42 Å². The minimum Gasteiger partial charge on any atom is -0.295 e. The van der Waals surface area contributed by atoms with Crippen LogP contribution in [0.1, 0.15) is 24.4 Å². The summed E-state index contributed by atoms with van der Waals surface area (Å²) in [6.07, 6.45) is 2.36. The van der Waals surface area contributed by atoms with Crippen LogP contribution in [0.25, 0.3) is 10.2 Å². The first-order valence-electron chi connectivity index (χ1n) is 6.52. The van der Waals surface area contributed by atoms with Crippen molar-refractivity contribution < 1.29 is 0 Å². The molecule has 3 aromatic rings. The van der Waals surface area contributed by atoms with Gasteiger partial charge in [0, 0.05) is 23.9 Å². The molecule has 3 rings (SSSR count). The van der Waals surface area contributed by atoms with Crippen LogP contribution in [0.2, 0.25) is 0 Å². The highest BCUT2D eigenvalue weighted by atomic mass is 32.1. The molecule has 1 atom stereocenters. The van der Waals surface area contributed by atoms with E-state index in [0.717, 1.165) is 22.6 Å². The lowest BCUT2D eigenvalue weighted by molar-refractivity contribution is 0.517. The Bertz CT molecular complexity index is 806. The first-order valence-corrected chi connectivity index (χ1v) is 7.40. The lowest BCUT2D eigenvalue weighted by atomic mass is 10.1. The summed E-state index contributed by atoms with van der Waals surface area (Å²) < 4.78 is 1.69. The molecule has 3 heterocycles. The summed E-state index contributed by atoms with van der Waals surface area (Å²) in [7, 11) is 0. The van der Waals surface area contributed by atoms with Gasteiger partial charge in [0.05, 0.1) is 11.7 Å². The number of fused-ring (bicyclic) bond motifs is 1. The summed E-state index contributed by atoms with van der Waals surface area (Å²) in [5.41, 5.74) is 2.01. The largest absolute Gasteiger partial charge is 0.295 e. The second-order valence-electron chi connectivity index (χ2n) is 4.92. The van der Waals surface area contributed by atoms with Crippen molar-refractivity contribution in [2.45, 2.75) is 26.3 Å². The maximum absolute atomic E-state index is 12.4. The van der Waals surface area contributed by atoms with Crippen molar-refractivity contribution >= 4 is 21.6 Å². The third kappa shape index (κ3) is 2.36. The van der Waals surface area contributed by atoms with E-state index in [9.17, 15) is 4.79 Å². The quantitative estimate of drug-likeness (QED) is 0.743. The van der Waals surface area contributed by atoms with Gasteiger partial charge in [-0.3, -0.25) is 14.3 Å². The van der Waals surface area contributed by atoms with E-state index in [0.29, 0.717) is 5.39 Å². The zero-order chi connectivity index (χ0) is 14.1. The smallest absolute Gasteiger partial charge is 0.262 e. The Labute approximate surface area is 120 Å². The van der Waals surface area contributed by atoms with Crippen LogP contribution in [-0.4, -0.2) is 14.5 Å². The monoisotopic (exact) mass is 285 g/mol. The normalized spacial score (nSPS) is 12.7. The van der Waals surface area contributed by atoms with Crippen LogP contribution in [0.5, 0.6) is 0 Å². The van der Waals surface area contributed by atoms with Gasteiger partial charge >= 0.3 is 0 Å². The summed E-state index contributed by atoms with van der Waals surface area (Å²) in [6, 6.07) is 7.83. The van der Waals surface area contributed by atoms with Crippen molar-refractivity contribution in [1.29, 1.82) is 0 Å². The van der Waals surface area contributed by atoms with Crippen LogP contribution >= 0.6 is 11.3 Å². The highest BCUT2D eigenvalue weighted by Crippen LogP contribution is 2.16. The van der Waals surface area contributed by atoms with E-state index < -0.39 is 0 Å². The molecule has 0 bridgehead atoms. The summed E-state index contributed by atoms with van der Waals surface area (Å²) in [5.74, 6) is 0. The Balaban J connectivity index is 1.94. The lowest BCUT2D eigenvalue weighted by Gasteiger charge is -2.14. The number of rotatable bonds is 3. The van der Waals surface area contributed by atoms with Crippen molar-refractivity contribution in [3.63, 3.8) is 0 Å². The van der Waals surface area contributed by atoms with Crippen LogP contribution in [0, 0.1) is 6.92 Å². The van der Waals surface area contributed by atoms with Gasteiger partial charge in [0.2, 0.25) is 0 Å². The van der Waals surface area contributed by atoms with E-state index >= 15 is 0 Å². The van der Waals surface area contributed by atoms with Crippen LogP contribution in [0.4, 0.5) is 0 Å². The Morgan fingerprint density at radius 2 is 2.20 bits per heavy atom. The Morgan fingerprint density at radius 3 is 3.00 bits per heavy atom. The number of thiophene rings is 1. The maximum atomic E-state index is 12.4. The van der Waals surface area contributed by atoms with Gasteiger partial charge in [-0.15, -0.1) is 11.3 Å². The predicted octanol–water partition coefficient (Wildman–Crippen LogP) is 2.97. The fourth-order valence-electron chi connectivity index (χ4n) is 2.30. The second kappa shape index (κ2) is 5.17. The molecule has 1 unspecified atom stereocenters. The predicted molar refractivity (Wildman–Crippen MR) is 81.3 cm³/mol. The number of aryl methyl sites for hydroxylation is 1. The number of hydrogen-bond acceptors (Lipinski definition) is 4. The molecule has 0 spiro atoms. The number of pyridine rings is 1. The van der Waals surface area contributed by atoms with Crippen LogP contribution in [0.15, 0.2) is 40.8 Å². The van der Waals surface area contributed by atoms with Gasteiger partial charge in [-0.2, -0.15) is 0 Å².